The van der Waals surface area contributed by atoms with E-state index in [1.165, 1.54) is 43.3 Å². The summed E-state index contributed by atoms with van der Waals surface area (Å²) in [5.41, 5.74) is 0.771. The first kappa shape index (κ1) is 22.8. The maximum absolute atomic E-state index is 13.1. The van der Waals surface area contributed by atoms with Gasteiger partial charge in [0.05, 0.1) is 11.3 Å². The summed E-state index contributed by atoms with van der Waals surface area (Å²) in [5.74, 6) is 1.80. The van der Waals surface area contributed by atoms with Gasteiger partial charge in [0.2, 0.25) is 5.91 Å². The van der Waals surface area contributed by atoms with Gasteiger partial charge in [-0.15, -0.1) is 0 Å². The zero-order valence-corrected chi connectivity index (χ0v) is 20.0. The number of carbonyl (C=O) groups excluding carboxylic acids is 1. The molecule has 1 amide bonds. The summed E-state index contributed by atoms with van der Waals surface area (Å²) < 4.78 is 41.2. The zero-order chi connectivity index (χ0) is 24.4. The molecule has 8 heteroatoms. The number of nitrogens with zero attached hydrogens (tertiary/aromatic N) is 1. The highest BCUT2D eigenvalue weighted by Gasteiger charge is 2.55. The molecule has 0 radical (unpaired) electrons. The summed E-state index contributed by atoms with van der Waals surface area (Å²) in [4.78, 5) is 13.9. The first-order chi connectivity index (χ1) is 16.7. The van der Waals surface area contributed by atoms with Gasteiger partial charge in [-0.05, 0) is 98.6 Å². The van der Waals surface area contributed by atoms with Gasteiger partial charge in [-0.25, -0.2) is 0 Å². The second-order valence-electron chi connectivity index (χ2n) is 10.6. The normalized spacial score (nSPS) is 29.3. The number of anilines is 1. The highest BCUT2D eigenvalue weighted by atomic mass is 32.2. The third-order valence-corrected chi connectivity index (χ3v) is 9.21. The second-order valence-corrected chi connectivity index (χ2v) is 11.7. The molecule has 4 aliphatic carbocycles. The van der Waals surface area contributed by atoms with Crippen molar-refractivity contribution in [2.45, 2.75) is 49.6 Å². The molecule has 0 saturated heterocycles. The molecule has 184 valence electrons. The van der Waals surface area contributed by atoms with Crippen LogP contribution in [0.4, 0.5) is 18.9 Å². The lowest BCUT2D eigenvalue weighted by Crippen LogP contribution is -2.50. The highest BCUT2D eigenvalue weighted by Crippen LogP contribution is 2.65. The van der Waals surface area contributed by atoms with Crippen LogP contribution in [0.25, 0.3) is 5.76 Å². The van der Waals surface area contributed by atoms with Crippen LogP contribution >= 0.6 is 11.9 Å². The molecule has 1 heterocycles. The lowest BCUT2D eigenvalue weighted by atomic mass is 9.48. The van der Waals surface area contributed by atoms with E-state index in [1.807, 2.05) is 28.6 Å². The van der Waals surface area contributed by atoms with Crippen LogP contribution in [0.3, 0.4) is 0 Å². The Morgan fingerprint density at radius 3 is 2.34 bits per heavy atom. The number of aliphatic hydroxyl groups excluding tert-OH is 1. The molecule has 0 unspecified atom stereocenters. The van der Waals surface area contributed by atoms with Gasteiger partial charge in [0.25, 0.3) is 0 Å². The monoisotopic (exact) mass is 500 g/mol. The van der Waals surface area contributed by atoms with Gasteiger partial charge in [0.15, 0.2) is 0 Å². The smallest absolute Gasteiger partial charge is 0.416 e. The van der Waals surface area contributed by atoms with Crippen molar-refractivity contribution in [2.75, 3.05) is 11.9 Å². The van der Waals surface area contributed by atoms with Gasteiger partial charge in [0.1, 0.15) is 12.3 Å². The van der Waals surface area contributed by atoms with Crippen molar-refractivity contribution in [2.24, 2.45) is 23.2 Å². The molecule has 1 aliphatic heterocycles. The van der Waals surface area contributed by atoms with Gasteiger partial charge in [0, 0.05) is 21.6 Å². The molecule has 4 fully saturated rings. The predicted molar refractivity (Wildman–Crippen MR) is 129 cm³/mol. The van der Waals surface area contributed by atoms with E-state index >= 15 is 0 Å². The van der Waals surface area contributed by atoms with Crippen molar-refractivity contribution in [1.82, 2.24) is 4.31 Å². The summed E-state index contributed by atoms with van der Waals surface area (Å²) in [5, 5.41) is 14.2. The number of amides is 1. The standard InChI is InChI=1S/C27H27F3N2O2S/c28-27(29,30)19-4-3-5-20(11-19)31-23(33)15-32-25(24(34)21-6-1-2-7-22(21)35-32)26-12-16-8-17(13-26)10-18(9-16)14-26/h1-7,11,16-18,34H,8-10,12-15H2,(H,31,33). The van der Waals surface area contributed by atoms with E-state index in [-0.39, 0.29) is 23.4 Å². The largest absolute Gasteiger partial charge is 0.505 e. The fraction of sp³-hybridized carbons (Fsp3) is 0.444. The number of aliphatic hydroxyl groups is 1. The van der Waals surface area contributed by atoms with E-state index in [0.717, 1.165) is 47.6 Å². The van der Waals surface area contributed by atoms with Crippen LogP contribution in [-0.4, -0.2) is 21.9 Å². The van der Waals surface area contributed by atoms with E-state index in [0.29, 0.717) is 17.8 Å². The summed E-state index contributed by atoms with van der Waals surface area (Å²) >= 11 is 1.44. The van der Waals surface area contributed by atoms with Crippen LogP contribution in [0.5, 0.6) is 0 Å². The Morgan fingerprint density at radius 1 is 1.03 bits per heavy atom. The van der Waals surface area contributed by atoms with E-state index < -0.39 is 17.6 Å². The summed E-state index contributed by atoms with van der Waals surface area (Å²) in [6.07, 6.45) is 2.35. The number of fused-ring (bicyclic) bond motifs is 1. The minimum atomic E-state index is -4.48. The van der Waals surface area contributed by atoms with E-state index in [9.17, 15) is 23.1 Å². The molecule has 0 spiro atoms. The summed E-state index contributed by atoms with van der Waals surface area (Å²) in [7, 11) is 0. The van der Waals surface area contributed by atoms with Crippen molar-refractivity contribution in [3.63, 3.8) is 0 Å². The Kier molecular flexibility index (Phi) is 5.36. The average Bonchev–Trinajstić information content (AvgIpc) is 2.77. The van der Waals surface area contributed by atoms with Crippen LogP contribution in [0, 0.1) is 23.2 Å². The topological polar surface area (TPSA) is 52.6 Å². The van der Waals surface area contributed by atoms with Gasteiger partial charge < -0.3 is 14.7 Å². The Balaban J connectivity index is 1.31. The molecule has 0 atom stereocenters. The fourth-order valence-corrected chi connectivity index (χ4v) is 8.48. The lowest BCUT2D eigenvalue weighted by molar-refractivity contribution is -0.137. The predicted octanol–water partition coefficient (Wildman–Crippen LogP) is 7.11. The molecule has 35 heavy (non-hydrogen) atoms. The van der Waals surface area contributed by atoms with Gasteiger partial charge in [-0.3, -0.25) is 4.79 Å². The molecule has 4 nitrogen and oxygen atoms in total. The van der Waals surface area contributed by atoms with Crippen LogP contribution in [-0.2, 0) is 11.0 Å². The Morgan fingerprint density at radius 2 is 1.69 bits per heavy atom. The quantitative estimate of drug-likeness (QED) is 0.439. The van der Waals surface area contributed by atoms with Crippen molar-refractivity contribution in [3.8, 4) is 0 Å². The van der Waals surface area contributed by atoms with Gasteiger partial charge in [-0.2, -0.15) is 13.2 Å². The third kappa shape index (κ3) is 4.09. The second kappa shape index (κ2) is 8.22. The maximum Gasteiger partial charge on any atom is 0.416 e. The molecule has 2 N–H and O–H groups in total. The molecular formula is C27H27F3N2O2S. The number of carbonyl (C=O) groups is 1. The molecule has 2 aromatic rings. The molecule has 0 aromatic heterocycles. The first-order valence-corrected chi connectivity index (χ1v) is 12.9. The SMILES string of the molecule is O=C(CN1Sc2ccccc2C(O)=C1C12CC3CC(CC(C3)C1)C2)Nc1cccc(C(F)(F)F)c1. The Labute approximate surface area is 206 Å². The fourth-order valence-electron chi connectivity index (χ4n) is 7.28. The van der Waals surface area contributed by atoms with Crippen molar-refractivity contribution >= 4 is 29.3 Å². The van der Waals surface area contributed by atoms with E-state index in [2.05, 4.69) is 5.32 Å². The number of hydrogen-bond donors (Lipinski definition) is 2. The number of benzene rings is 2. The van der Waals surface area contributed by atoms with Gasteiger partial charge in [-0.1, -0.05) is 18.2 Å². The molecule has 5 aliphatic rings. The molecule has 4 saturated carbocycles. The van der Waals surface area contributed by atoms with Crippen LogP contribution in [0.15, 0.2) is 59.1 Å². The number of halogens is 3. The number of allylic oxidation sites excluding steroid dienone is 1. The highest BCUT2D eigenvalue weighted by molar-refractivity contribution is 7.97. The Bertz CT molecular complexity index is 1170. The van der Waals surface area contributed by atoms with Crippen molar-refractivity contribution in [3.05, 3.63) is 65.4 Å². The van der Waals surface area contributed by atoms with Crippen molar-refractivity contribution in [1.29, 1.82) is 0 Å². The number of hydrogen-bond acceptors (Lipinski definition) is 4. The number of rotatable bonds is 4. The first-order valence-electron chi connectivity index (χ1n) is 12.2. The molecule has 2 aromatic carbocycles. The molecule has 4 bridgehead atoms. The Hall–Kier alpha value is -2.61. The van der Waals surface area contributed by atoms with E-state index in [4.69, 9.17) is 0 Å². The number of nitrogens with one attached hydrogen (secondary N) is 1. The zero-order valence-electron chi connectivity index (χ0n) is 19.1. The lowest BCUT2D eigenvalue weighted by Gasteiger charge is -2.59. The van der Waals surface area contributed by atoms with E-state index in [1.54, 1.807) is 0 Å². The van der Waals surface area contributed by atoms with Crippen LogP contribution in [0.2, 0.25) is 0 Å². The molecular weight excluding hydrogens is 473 g/mol. The van der Waals surface area contributed by atoms with Gasteiger partial charge >= 0.3 is 6.18 Å². The maximum atomic E-state index is 13.1. The van der Waals surface area contributed by atoms with Crippen LogP contribution < -0.4 is 5.32 Å². The van der Waals surface area contributed by atoms with Crippen molar-refractivity contribution < 1.29 is 23.1 Å². The average molecular weight is 501 g/mol. The summed E-state index contributed by atoms with van der Waals surface area (Å²) in [6, 6.07) is 12.3. The minimum Gasteiger partial charge on any atom is -0.505 e. The number of alkyl halides is 3. The minimum absolute atomic E-state index is 0.0591. The third-order valence-electron chi connectivity index (χ3n) is 8.13. The summed E-state index contributed by atoms with van der Waals surface area (Å²) in [6.45, 7) is -0.0591. The van der Waals surface area contributed by atoms with Crippen LogP contribution in [0.1, 0.15) is 49.7 Å². The molecule has 7 rings (SSSR count).